The normalized spacial score (nSPS) is 14.0. The molecule has 0 unspecified atom stereocenters. The lowest BCUT2D eigenvalue weighted by Gasteiger charge is -2.21. The van der Waals surface area contributed by atoms with Crippen molar-refractivity contribution in [1.29, 1.82) is 0 Å². The predicted octanol–water partition coefficient (Wildman–Crippen LogP) is 7.46. The largest absolute Gasteiger partial charge is 0.493 e. The summed E-state index contributed by atoms with van der Waals surface area (Å²) in [6.07, 6.45) is 5.27. The number of nitro benzene ring substituents is 1. The molecule has 1 saturated carbocycles. The molecule has 0 heterocycles. The molecule has 1 fully saturated rings. The van der Waals surface area contributed by atoms with Gasteiger partial charge in [0.15, 0.2) is 11.5 Å². The van der Waals surface area contributed by atoms with Crippen LogP contribution in [-0.2, 0) is 0 Å². The van der Waals surface area contributed by atoms with E-state index in [-0.39, 0.29) is 5.69 Å². The lowest BCUT2D eigenvalue weighted by molar-refractivity contribution is -0.386. The zero-order valence-corrected chi connectivity index (χ0v) is 24.6. The average Bonchev–Trinajstić information content (AvgIpc) is 2.98. The average molecular weight is 561 g/mol. The molecule has 1 aliphatic carbocycles. The molecule has 4 rings (SSSR count). The van der Waals surface area contributed by atoms with Crippen molar-refractivity contribution in [2.24, 2.45) is 0 Å². The van der Waals surface area contributed by atoms with Crippen LogP contribution in [0, 0.1) is 10.1 Å². The highest BCUT2D eigenvalue weighted by Crippen LogP contribution is 2.40. The van der Waals surface area contributed by atoms with Gasteiger partial charge in [-0.25, -0.2) is 0 Å². The van der Waals surface area contributed by atoms with Crippen molar-refractivity contribution in [3.05, 3.63) is 93.0 Å². The number of allylic oxidation sites excluding steroid dienone is 1. The molecule has 218 valence electrons. The molecule has 0 amide bonds. The van der Waals surface area contributed by atoms with E-state index in [9.17, 15) is 10.1 Å². The summed E-state index contributed by atoms with van der Waals surface area (Å²) in [7, 11) is 7.02. The Morgan fingerprint density at radius 2 is 1.44 bits per heavy atom. The Morgan fingerprint density at radius 3 is 1.98 bits per heavy atom. The fourth-order valence-corrected chi connectivity index (χ4v) is 5.20. The minimum absolute atomic E-state index is 0.0785. The highest BCUT2D eigenvalue weighted by molar-refractivity contribution is 5.82. The zero-order chi connectivity index (χ0) is 29.4. The summed E-state index contributed by atoms with van der Waals surface area (Å²) < 4.78 is 22.7. The summed E-state index contributed by atoms with van der Waals surface area (Å²) in [5.41, 5.74) is 5.37. The third-order valence-corrected chi connectivity index (χ3v) is 7.38. The summed E-state index contributed by atoms with van der Waals surface area (Å²) in [4.78, 5) is 13.5. The van der Waals surface area contributed by atoms with Crippen LogP contribution in [0.5, 0.6) is 23.0 Å². The number of benzene rings is 3. The molecule has 1 aliphatic rings. The van der Waals surface area contributed by atoms with Gasteiger partial charge >= 0.3 is 0 Å². The third kappa shape index (κ3) is 7.58. The van der Waals surface area contributed by atoms with E-state index in [0.29, 0.717) is 29.4 Å². The second-order valence-corrected chi connectivity index (χ2v) is 10.5. The van der Waals surface area contributed by atoms with Gasteiger partial charge < -0.3 is 23.8 Å². The minimum atomic E-state index is -0.586. The molecule has 0 saturated heterocycles. The molecule has 0 aliphatic heterocycles. The number of nitro groups is 1. The quantitative estimate of drug-likeness (QED) is 0.168. The van der Waals surface area contributed by atoms with E-state index in [4.69, 9.17) is 18.9 Å². The van der Waals surface area contributed by atoms with Crippen LogP contribution in [0.1, 0.15) is 61.8 Å². The Kier molecular flexibility index (Phi) is 10.2. The predicted molar refractivity (Wildman–Crippen MR) is 161 cm³/mol. The van der Waals surface area contributed by atoms with Gasteiger partial charge in [0.05, 0.1) is 30.8 Å². The third-order valence-electron chi connectivity index (χ3n) is 7.38. The van der Waals surface area contributed by atoms with Gasteiger partial charge in [0.25, 0.3) is 5.69 Å². The van der Waals surface area contributed by atoms with E-state index in [1.54, 1.807) is 13.0 Å². The number of methoxy groups -OCH3 is 2. The monoisotopic (exact) mass is 560 g/mol. The molecule has 0 radical (unpaired) electrons. The smallest absolute Gasteiger partial charge is 0.280 e. The van der Waals surface area contributed by atoms with Crippen LogP contribution in [-0.4, -0.2) is 51.3 Å². The van der Waals surface area contributed by atoms with E-state index >= 15 is 0 Å². The van der Waals surface area contributed by atoms with E-state index < -0.39 is 11.0 Å². The molecule has 0 aromatic heterocycles. The molecular formula is C33H40N2O6. The summed E-state index contributed by atoms with van der Waals surface area (Å²) in [5.74, 6) is 2.21. The fraction of sp³-hybridized carbons (Fsp3) is 0.394. The Hall–Kier alpha value is -4.04. The van der Waals surface area contributed by atoms with Gasteiger partial charge in [-0.05, 0) is 93.7 Å². The number of hydrogen-bond donors (Lipinski definition) is 0. The van der Waals surface area contributed by atoms with Crippen LogP contribution in [0.3, 0.4) is 0 Å². The molecule has 41 heavy (non-hydrogen) atoms. The molecule has 8 nitrogen and oxygen atoms in total. The van der Waals surface area contributed by atoms with Crippen LogP contribution in [0.2, 0.25) is 0 Å². The van der Waals surface area contributed by atoms with Crippen LogP contribution in [0.25, 0.3) is 5.57 Å². The maximum absolute atomic E-state index is 11.8. The van der Waals surface area contributed by atoms with Gasteiger partial charge in [0, 0.05) is 6.54 Å². The minimum Gasteiger partial charge on any atom is -0.493 e. The Morgan fingerprint density at radius 1 is 0.878 bits per heavy atom. The first-order chi connectivity index (χ1) is 19.8. The van der Waals surface area contributed by atoms with E-state index in [0.717, 1.165) is 30.7 Å². The molecular weight excluding hydrogens is 520 g/mol. The summed E-state index contributed by atoms with van der Waals surface area (Å²) in [6, 6.07) is 19.4. The zero-order valence-electron chi connectivity index (χ0n) is 24.6. The lowest BCUT2D eigenvalue weighted by Crippen LogP contribution is -2.19. The molecule has 0 spiro atoms. The van der Waals surface area contributed by atoms with E-state index in [1.807, 2.05) is 38.4 Å². The molecule has 8 heteroatoms. The first-order valence-corrected chi connectivity index (χ1v) is 14.1. The standard InChI is InChI=1S/C33H40N2O6/c1-23(29-21-31(38-4)32(39-5)22-30(29)35(36)37)41-28-17-13-26(14-18-28)33(24-9-7-6-8-10-24)25-11-15-27(16-12-25)40-20-19-34(2)3/h11-18,21-23H,6-10,19-20H2,1-5H3/t23-/m0/s1. The number of rotatable bonds is 12. The number of nitrogens with zero attached hydrogens (tertiary/aromatic N) is 2. The van der Waals surface area contributed by atoms with E-state index in [1.165, 1.54) is 56.3 Å². The SMILES string of the molecule is COc1cc([C@H](C)Oc2ccc(C(=C3CCCCC3)c3ccc(OCCN(C)C)cc3)cc2)c([N+](=O)[O-])cc1OC. The maximum atomic E-state index is 11.8. The van der Waals surface area contributed by atoms with Crippen LogP contribution in [0.4, 0.5) is 5.69 Å². The lowest BCUT2D eigenvalue weighted by atomic mass is 9.85. The summed E-state index contributed by atoms with van der Waals surface area (Å²) in [6.45, 7) is 3.30. The fourth-order valence-electron chi connectivity index (χ4n) is 5.20. The van der Waals surface area contributed by atoms with Crippen molar-refractivity contribution in [1.82, 2.24) is 4.90 Å². The van der Waals surface area contributed by atoms with Gasteiger partial charge in [-0.2, -0.15) is 0 Å². The maximum Gasteiger partial charge on any atom is 0.280 e. The van der Waals surface area contributed by atoms with Crippen LogP contribution >= 0.6 is 0 Å². The number of hydrogen-bond acceptors (Lipinski definition) is 7. The highest BCUT2D eigenvalue weighted by Gasteiger charge is 2.25. The topological polar surface area (TPSA) is 83.3 Å². The summed E-state index contributed by atoms with van der Waals surface area (Å²) in [5, 5.41) is 11.8. The van der Waals surface area contributed by atoms with Crippen molar-refractivity contribution in [3.8, 4) is 23.0 Å². The number of ether oxygens (including phenoxy) is 4. The Labute approximate surface area is 242 Å². The Balaban J connectivity index is 1.58. The molecule has 3 aromatic rings. The van der Waals surface area contributed by atoms with Gasteiger partial charge in [0.1, 0.15) is 24.2 Å². The van der Waals surface area contributed by atoms with Crippen molar-refractivity contribution in [2.75, 3.05) is 41.5 Å². The second kappa shape index (κ2) is 14.0. The summed E-state index contributed by atoms with van der Waals surface area (Å²) >= 11 is 0. The molecule has 1 atom stereocenters. The Bertz CT molecular complexity index is 1340. The first kappa shape index (κ1) is 29.9. The van der Waals surface area contributed by atoms with Gasteiger partial charge in [-0.1, -0.05) is 36.3 Å². The number of likely N-dealkylation sites (N-methyl/N-ethyl adjacent to an activating group) is 1. The van der Waals surface area contributed by atoms with Gasteiger partial charge in [-0.15, -0.1) is 0 Å². The molecule has 0 bridgehead atoms. The molecule has 3 aromatic carbocycles. The van der Waals surface area contributed by atoms with Crippen molar-refractivity contribution >= 4 is 11.3 Å². The highest BCUT2D eigenvalue weighted by atomic mass is 16.6. The van der Waals surface area contributed by atoms with Crippen molar-refractivity contribution in [2.45, 2.75) is 45.1 Å². The van der Waals surface area contributed by atoms with Gasteiger partial charge in [0.2, 0.25) is 0 Å². The molecule has 0 N–H and O–H groups in total. The van der Waals surface area contributed by atoms with Crippen LogP contribution < -0.4 is 18.9 Å². The van der Waals surface area contributed by atoms with Crippen molar-refractivity contribution in [3.63, 3.8) is 0 Å². The van der Waals surface area contributed by atoms with Gasteiger partial charge in [-0.3, -0.25) is 10.1 Å². The first-order valence-electron chi connectivity index (χ1n) is 14.1. The van der Waals surface area contributed by atoms with Crippen molar-refractivity contribution < 1.29 is 23.9 Å². The van der Waals surface area contributed by atoms with E-state index in [2.05, 4.69) is 29.2 Å². The second-order valence-electron chi connectivity index (χ2n) is 10.5. The van der Waals surface area contributed by atoms with Crippen LogP contribution in [0.15, 0.2) is 66.2 Å².